The third-order valence-electron chi connectivity index (χ3n) is 2.64. The topological polar surface area (TPSA) is 12.5 Å². The number of nitrogens with zero attached hydrogens (tertiary/aromatic N) is 1. The number of ether oxygens (including phenoxy) is 1. The number of hydrogen-bond acceptors (Lipinski definition) is 2. The maximum atomic E-state index is 5.85. The summed E-state index contributed by atoms with van der Waals surface area (Å²) in [6.45, 7) is 6.58. The van der Waals surface area contributed by atoms with Crippen LogP contribution in [0.15, 0.2) is 18.2 Å². The Kier molecular flexibility index (Phi) is 4.09. The Bertz CT molecular complexity index is 357. The fourth-order valence-corrected chi connectivity index (χ4v) is 1.65. The minimum atomic E-state index is 0.133. The van der Waals surface area contributed by atoms with Gasteiger partial charge in [0, 0.05) is 7.05 Å². The smallest absolute Gasteiger partial charge is 0.142 e. The second-order valence-electron chi connectivity index (χ2n) is 4.95. The van der Waals surface area contributed by atoms with E-state index in [0.717, 1.165) is 11.4 Å². The van der Waals surface area contributed by atoms with E-state index in [1.807, 2.05) is 18.0 Å². The van der Waals surface area contributed by atoms with Crippen LogP contribution in [0.2, 0.25) is 0 Å². The Labute approximate surface area is 103 Å². The molecule has 2 nitrogen and oxygen atoms in total. The van der Waals surface area contributed by atoms with Crippen LogP contribution in [0.3, 0.4) is 0 Å². The van der Waals surface area contributed by atoms with Crippen LogP contribution in [-0.2, 0) is 5.41 Å². The first-order chi connectivity index (χ1) is 7.40. The van der Waals surface area contributed by atoms with Gasteiger partial charge in [-0.1, -0.05) is 26.8 Å². The van der Waals surface area contributed by atoms with Crippen LogP contribution < -0.4 is 9.64 Å². The van der Waals surface area contributed by atoms with Crippen molar-refractivity contribution in [1.29, 1.82) is 0 Å². The molecule has 0 radical (unpaired) electrons. The Balaban J connectivity index is 3.21. The van der Waals surface area contributed by atoms with Gasteiger partial charge in [-0.25, -0.2) is 0 Å². The van der Waals surface area contributed by atoms with Crippen LogP contribution in [0, 0.1) is 0 Å². The third kappa shape index (κ3) is 2.82. The Morgan fingerprint density at radius 3 is 2.38 bits per heavy atom. The summed E-state index contributed by atoms with van der Waals surface area (Å²) in [5, 5.41) is 0. The van der Waals surface area contributed by atoms with E-state index in [9.17, 15) is 0 Å². The maximum Gasteiger partial charge on any atom is 0.142 e. The highest BCUT2D eigenvalue weighted by atomic mass is 35.5. The monoisotopic (exact) mass is 241 g/mol. The van der Waals surface area contributed by atoms with Crippen molar-refractivity contribution in [2.24, 2.45) is 0 Å². The van der Waals surface area contributed by atoms with Gasteiger partial charge in [0.05, 0.1) is 18.8 Å². The highest BCUT2D eigenvalue weighted by molar-refractivity contribution is 6.19. The lowest BCUT2D eigenvalue weighted by molar-refractivity contribution is 0.414. The van der Waals surface area contributed by atoms with Gasteiger partial charge in [0.15, 0.2) is 0 Å². The number of alkyl halides is 1. The molecule has 0 aliphatic heterocycles. The van der Waals surface area contributed by atoms with Crippen molar-refractivity contribution in [3.63, 3.8) is 0 Å². The van der Waals surface area contributed by atoms with Crippen molar-refractivity contribution in [3.8, 4) is 5.75 Å². The van der Waals surface area contributed by atoms with Crippen LogP contribution in [0.5, 0.6) is 5.75 Å². The van der Waals surface area contributed by atoms with Gasteiger partial charge >= 0.3 is 0 Å². The molecule has 0 aliphatic carbocycles. The summed E-state index contributed by atoms with van der Waals surface area (Å²) in [4.78, 5) is 1.97. The first-order valence-corrected chi connectivity index (χ1v) is 5.89. The van der Waals surface area contributed by atoms with E-state index in [2.05, 4.69) is 32.9 Å². The molecule has 0 saturated carbocycles. The molecule has 1 rings (SSSR count). The molecule has 0 aromatic heterocycles. The predicted octanol–water partition coefficient (Wildman–Crippen LogP) is 3.63. The van der Waals surface area contributed by atoms with Crippen molar-refractivity contribution in [3.05, 3.63) is 23.8 Å². The highest BCUT2D eigenvalue weighted by Gasteiger charge is 2.17. The van der Waals surface area contributed by atoms with Crippen molar-refractivity contribution in [2.75, 3.05) is 25.1 Å². The Morgan fingerprint density at radius 2 is 1.94 bits per heavy atom. The molecule has 0 N–H and O–H groups in total. The molecule has 1 aromatic rings. The molecule has 1 aromatic carbocycles. The second-order valence-corrected chi connectivity index (χ2v) is 5.19. The summed E-state index contributed by atoms with van der Waals surface area (Å²) >= 11 is 5.85. The number of halogens is 1. The van der Waals surface area contributed by atoms with Gasteiger partial charge < -0.3 is 9.64 Å². The standard InChI is InChI=1S/C13H20ClNO/c1-13(2,3)10-6-7-12(16-5)11(8-10)15(4)9-14/h6-8H,9H2,1-5H3. The minimum Gasteiger partial charge on any atom is -0.495 e. The molecule has 0 spiro atoms. The molecule has 16 heavy (non-hydrogen) atoms. The van der Waals surface area contributed by atoms with Crippen LogP contribution in [-0.4, -0.2) is 20.2 Å². The van der Waals surface area contributed by atoms with Crippen molar-refractivity contribution >= 4 is 17.3 Å². The van der Waals surface area contributed by atoms with Gasteiger partial charge in [-0.3, -0.25) is 0 Å². The lowest BCUT2D eigenvalue weighted by Gasteiger charge is -2.24. The predicted molar refractivity (Wildman–Crippen MR) is 70.8 cm³/mol. The number of methoxy groups -OCH3 is 1. The zero-order valence-electron chi connectivity index (χ0n) is 10.7. The lowest BCUT2D eigenvalue weighted by Crippen LogP contribution is -2.17. The van der Waals surface area contributed by atoms with Gasteiger partial charge in [-0.15, -0.1) is 11.6 Å². The first-order valence-electron chi connectivity index (χ1n) is 5.35. The molecule has 0 unspecified atom stereocenters. The lowest BCUT2D eigenvalue weighted by atomic mass is 9.86. The zero-order chi connectivity index (χ0) is 12.3. The molecule has 0 heterocycles. The van der Waals surface area contributed by atoms with Gasteiger partial charge in [-0.05, 0) is 23.1 Å². The molecule has 0 fully saturated rings. The van der Waals surface area contributed by atoms with Gasteiger partial charge in [0.25, 0.3) is 0 Å². The molecule has 0 saturated heterocycles. The highest BCUT2D eigenvalue weighted by Crippen LogP contribution is 2.33. The van der Waals surface area contributed by atoms with E-state index >= 15 is 0 Å². The van der Waals surface area contributed by atoms with E-state index in [1.54, 1.807) is 7.11 Å². The minimum absolute atomic E-state index is 0.133. The van der Waals surface area contributed by atoms with Gasteiger partial charge in [0.1, 0.15) is 5.75 Å². The van der Waals surface area contributed by atoms with Gasteiger partial charge in [-0.2, -0.15) is 0 Å². The summed E-state index contributed by atoms with van der Waals surface area (Å²) in [5.41, 5.74) is 2.44. The van der Waals surface area contributed by atoms with E-state index < -0.39 is 0 Å². The molecule has 0 atom stereocenters. The Morgan fingerprint density at radius 1 is 1.31 bits per heavy atom. The van der Waals surface area contributed by atoms with Crippen molar-refractivity contribution in [1.82, 2.24) is 0 Å². The summed E-state index contributed by atoms with van der Waals surface area (Å²) < 4.78 is 5.34. The maximum absolute atomic E-state index is 5.85. The van der Waals surface area contributed by atoms with E-state index in [4.69, 9.17) is 16.3 Å². The summed E-state index contributed by atoms with van der Waals surface area (Å²) in [6.07, 6.45) is 0. The summed E-state index contributed by atoms with van der Waals surface area (Å²) in [6, 6.07) is 6.69. The molecular formula is C13H20ClNO. The molecule has 0 aliphatic rings. The molecule has 0 amide bonds. The van der Waals surface area contributed by atoms with Crippen LogP contribution in [0.4, 0.5) is 5.69 Å². The largest absolute Gasteiger partial charge is 0.495 e. The van der Waals surface area contributed by atoms with Crippen molar-refractivity contribution in [2.45, 2.75) is 26.2 Å². The van der Waals surface area contributed by atoms with Crippen molar-refractivity contribution < 1.29 is 4.74 Å². The number of rotatable bonds is 3. The van der Waals surface area contributed by atoms with E-state index in [-0.39, 0.29) is 5.41 Å². The average molecular weight is 242 g/mol. The van der Waals surface area contributed by atoms with Crippen LogP contribution in [0.25, 0.3) is 0 Å². The summed E-state index contributed by atoms with van der Waals surface area (Å²) in [5.74, 6) is 0.858. The quantitative estimate of drug-likeness (QED) is 0.592. The van der Waals surface area contributed by atoms with E-state index in [1.165, 1.54) is 5.56 Å². The first kappa shape index (κ1) is 13.2. The normalized spacial score (nSPS) is 11.4. The fourth-order valence-electron chi connectivity index (χ4n) is 1.52. The number of hydrogen-bond donors (Lipinski definition) is 0. The number of benzene rings is 1. The Hall–Kier alpha value is -0.890. The van der Waals surface area contributed by atoms with Gasteiger partial charge in [0.2, 0.25) is 0 Å². The second kappa shape index (κ2) is 4.96. The average Bonchev–Trinajstić information content (AvgIpc) is 2.25. The zero-order valence-corrected chi connectivity index (χ0v) is 11.4. The molecule has 90 valence electrons. The summed E-state index contributed by atoms with van der Waals surface area (Å²) in [7, 11) is 3.63. The molecule has 3 heteroatoms. The van der Waals surface area contributed by atoms with E-state index in [0.29, 0.717) is 6.00 Å². The van der Waals surface area contributed by atoms with Crippen LogP contribution in [0.1, 0.15) is 26.3 Å². The number of anilines is 1. The molecular weight excluding hydrogens is 222 g/mol. The fraction of sp³-hybridized carbons (Fsp3) is 0.538. The SMILES string of the molecule is COc1ccc(C(C)(C)C)cc1N(C)CCl. The van der Waals surface area contributed by atoms with Crippen LogP contribution >= 0.6 is 11.6 Å². The molecule has 0 bridgehead atoms. The third-order valence-corrected chi connectivity index (χ3v) is 2.99.